The van der Waals surface area contributed by atoms with E-state index in [0.717, 1.165) is 30.9 Å². The van der Waals surface area contributed by atoms with Crippen molar-refractivity contribution < 1.29 is 14.6 Å². The van der Waals surface area contributed by atoms with Gasteiger partial charge in [-0.05, 0) is 50.2 Å². The number of ketones is 1. The number of carbonyl (C=O) groups is 1. The van der Waals surface area contributed by atoms with Gasteiger partial charge in [0.1, 0.15) is 5.69 Å². The molecule has 1 aliphatic carbocycles. The van der Waals surface area contributed by atoms with Gasteiger partial charge in [0.05, 0.1) is 12.3 Å². The lowest BCUT2D eigenvalue weighted by Gasteiger charge is -2.21. The van der Waals surface area contributed by atoms with Crippen LogP contribution >= 0.6 is 0 Å². The number of imidazole rings is 1. The molecule has 2 aromatic heterocycles. The van der Waals surface area contributed by atoms with E-state index in [0.29, 0.717) is 23.7 Å². The maximum Gasteiger partial charge on any atom is 0.181 e. The molecule has 0 aromatic carbocycles. The van der Waals surface area contributed by atoms with Crippen LogP contribution in [0.3, 0.4) is 0 Å². The molecule has 3 rings (SSSR count). The van der Waals surface area contributed by atoms with Gasteiger partial charge in [0.2, 0.25) is 0 Å². The second-order valence-electron chi connectivity index (χ2n) is 7.89. The summed E-state index contributed by atoms with van der Waals surface area (Å²) in [4.78, 5) is 17.5. The highest BCUT2D eigenvalue weighted by atomic mass is 16.5. The third kappa shape index (κ3) is 4.70. The van der Waals surface area contributed by atoms with E-state index in [-0.39, 0.29) is 18.3 Å². The zero-order chi connectivity index (χ0) is 19.2. The minimum Gasteiger partial charge on any atom is -0.489 e. The molecule has 0 aliphatic heterocycles. The maximum absolute atomic E-state index is 12.9. The van der Waals surface area contributed by atoms with Crippen LogP contribution in [0.15, 0.2) is 18.3 Å². The third-order valence-electron chi connectivity index (χ3n) is 5.68. The van der Waals surface area contributed by atoms with E-state index in [2.05, 4.69) is 11.9 Å². The highest BCUT2D eigenvalue weighted by Crippen LogP contribution is 2.27. The molecule has 0 bridgehead atoms. The molecular formula is C22H32N2O3. The molecule has 5 heteroatoms. The smallest absolute Gasteiger partial charge is 0.181 e. The summed E-state index contributed by atoms with van der Waals surface area (Å²) in [6.45, 7) is 4.71. The Balaban J connectivity index is 1.79. The Morgan fingerprint density at radius 1 is 1.37 bits per heavy atom. The Morgan fingerprint density at radius 3 is 2.85 bits per heavy atom. The largest absolute Gasteiger partial charge is 0.489 e. The molecule has 27 heavy (non-hydrogen) atoms. The number of fused-ring (bicyclic) bond motifs is 1. The quantitative estimate of drug-likeness (QED) is 0.654. The molecule has 2 aromatic rings. The van der Waals surface area contributed by atoms with Crippen LogP contribution in [0.2, 0.25) is 0 Å². The topological polar surface area (TPSA) is 63.8 Å². The van der Waals surface area contributed by atoms with Gasteiger partial charge in [-0.2, -0.15) is 0 Å². The van der Waals surface area contributed by atoms with Gasteiger partial charge >= 0.3 is 0 Å². The van der Waals surface area contributed by atoms with E-state index in [1.807, 2.05) is 29.7 Å². The van der Waals surface area contributed by atoms with Crippen LogP contribution in [-0.4, -0.2) is 33.5 Å². The molecule has 2 heterocycles. The number of Topliss-reactive ketones (excluding diaryl/α,β-unsaturated/α-hetero) is 1. The fraction of sp³-hybridized carbons (Fsp3) is 0.636. The van der Waals surface area contributed by atoms with E-state index in [1.54, 1.807) is 0 Å². The zero-order valence-corrected chi connectivity index (χ0v) is 16.6. The number of ether oxygens (including phenoxy) is 1. The molecule has 1 fully saturated rings. The minimum absolute atomic E-state index is 0.0122. The second-order valence-corrected chi connectivity index (χ2v) is 7.89. The predicted octanol–water partition coefficient (Wildman–Crippen LogP) is 4.58. The molecular weight excluding hydrogens is 340 g/mol. The van der Waals surface area contributed by atoms with Crippen molar-refractivity contribution in [1.82, 2.24) is 9.38 Å². The van der Waals surface area contributed by atoms with Crippen molar-refractivity contribution in [2.24, 2.45) is 11.8 Å². The van der Waals surface area contributed by atoms with Crippen molar-refractivity contribution in [3.63, 3.8) is 0 Å². The summed E-state index contributed by atoms with van der Waals surface area (Å²) in [6, 6.07) is 3.85. The lowest BCUT2D eigenvalue weighted by molar-refractivity contribution is 0.0924. The fourth-order valence-electron chi connectivity index (χ4n) is 4.19. The molecule has 5 nitrogen and oxygen atoms in total. The van der Waals surface area contributed by atoms with Crippen LogP contribution in [0.4, 0.5) is 0 Å². The van der Waals surface area contributed by atoms with E-state index < -0.39 is 0 Å². The number of aliphatic hydroxyl groups is 1. The normalized spacial score (nSPS) is 16.6. The monoisotopic (exact) mass is 372 g/mol. The third-order valence-corrected chi connectivity index (χ3v) is 5.68. The Bertz CT molecular complexity index is 762. The average Bonchev–Trinajstić information content (AvgIpc) is 3.03. The molecule has 1 N–H and O–H groups in total. The molecule has 0 radical (unpaired) electrons. The van der Waals surface area contributed by atoms with Gasteiger partial charge in [-0.15, -0.1) is 0 Å². The van der Waals surface area contributed by atoms with Crippen molar-refractivity contribution in [1.29, 1.82) is 0 Å². The van der Waals surface area contributed by atoms with Crippen molar-refractivity contribution in [3.05, 3.63) is 29.7 Å². The van der Waals surface area contributed by atoms with Crippen molar-refractivity contribution in [2.45, 2.75) is 65.2 Å². The molecule has 1 saturated carbocycles. The van der Waals surface area contributed by atoms with Crippen molar-refractivity contribution in [3.8, 4) is 5.75 Å². The summed E-state index contributed by atoms with van der Waals surface area (Å²) in [5.74, 6) is 1.42. The lowest BCUT2D eigenvalue weighted by atomic mass is 9.90. The zero-order valence-electron chi connectivity index (χ0n) is 16.6. The number of aryl methyl sites for hydroxylation is 1. The molecule has 0 amide bonds. The average molecular weight is 373 g/mol. The van der Waals surface area contributed by atoms with Gasteiger partial charge in [-0.3, -0.25) is 9.20 Å². The van der Waals surface area contributed by atoms with Crippen molar-refractivity contribution >= 4 is 11.4 Å². The van der Waals surface area contributed by atoms with E-state index in [9.17, 15) is 9.90 Å². The van der Waals surface area contributed by atoms with Crippen molar-refractivity contribution in [2.75, 3.05) is 13.2 Å². The van der Waals surface area contributed by atoms with Gasteiger partial charge in [-0.1, -0.05) is 32.6 Å². The lowest BCUT2D eigenvalue weighted by Crippen LogP contribution is -2.16. The van der Waals surface area contributed by atoms with Gasteiger partial charge < -0.3 is 9.84 Å². The summed E-state index contributed by atoms with van der Waals surface area (Å²) in [5, 5.41) is 9.53. The molecule has 0 spiro atoms. The number of hydrogen-bond donors (Lipinski definition) is 1. The van der Waals surface area contributed by atoms with Gasteiger partial charge in [-0.25, -0.2) is 4.98 Å². The first-order chi connectivity index (χ1) is 13.1. The predicted molar refractivity (Wildman–Crippen MR) is 106 cm³/mol. The first-order valence-electron chi connectivity index (χ1n) is 10.4. The summed E-state index contributed by atoms with van der Waals surface area (Å²) in [7, 11) is 0. The van der Waals surface area contributed by atoms with Crippen LogP contribution < -0.4 is 4.74 Å². The Labute approximate surface area is 161 Å². The Kier molecular flexibility index (Phi) is 6.89. The highest BCUT2D eigenvalue weighted by molar-refractivity contribution is 5.96. The van der Waals surface area contributed by atoms with Crippen LogP contribution in [-0.2, 0) is 0 Å². The first-order valence-corrected chi connectivity index (χ1v) is 10.4. The van der Waals surface area contributed by atoms with Crippen LogP contribution in [0.1, 0.15) is 74.5 Å². The van der Waals surface area contributed by atoms with Gasteiger partial charge in [0.15, 0.2) is 17.2 Å². The molecule has 1 atom stereocenters. The highest BCUT2D eigenvalue weighted by Gasteiger charge is 2.22. The molecule has 148 valence electrons. The van der Waals surface area contributed by atoms with Crippen LogP contribution in [0, 0.1) is 18.8 Å². The van der Waals surface area contributed by atoms with E-state index in [1.165, 1.54) is 32.1 Å². The summed E-state index contributed by atoms with van der Waals surface area (Å²) in [6.07, 6.45) is 10.4. The van der Waals surface area contributed by atoms with Crippen LogP contribution in [0.5, 0.6) is 5.75 Å². The number of rotatable bonds is 9. The first kappa shape index (κ1) is 19.9. The SMILES string of the molecule is CCC[C@H](CO)CC(=O)c1c(C)nc2c(OCC3CCCCC3)cccn12. The van der Waals surface area contributed by atoms with Gasteiger partial charge in [0, 0.05) is 19.2 Å². The summed E-state index contributed by atoms with van der Waals surface area (Å²) in [5.41, 5.74) is 2.05. The molecule has 1 aliphatic rings. The standard InChI is InChI=1S/C22H32N2O3/c1-3-8-18(14-25)13-19(26)21-16(2)23-22-20(11-7-12-24(21)22)27-15-17-9-5-4-6-10-17/h7,11-12,17-18,25H,3-6,8-10,13-15H2,1-2H3/t18-/m0/s1. The minimum atomic E-state index is 0.0122. The van der Waals surface area contributed by atoms with E-state index in [4.69, 9.17) is 4.74 Å². The fourth-order valence-corrected chi connectivity index (χ4v) is 4.19. The Morgan fingerprint density at radius 2 is 2.15 bits per heavy atom. The number of aromatic nitrogens is 2. The van der Waals surface area contributed by atoms with Crippen LogP contribution in [0.25, 0.3) is 5.65 Å². The number of aliphatic hydroxyl groups excluding tert-OH is 1. The number of carbonyl (C=O) groups excluding carboxylic acids is 1. The second kappa shape index (κ2) is 9.36. The number of pyridine rings is 1. The maximum atomic E-state index is 12.9. The number of nitrogens with zero attached hydrogens (tertiary/aromatic N) is 2. The summed E-state index contributed by atoms with van der Waals surface area (Å²) < 4.78 is 7.97. The molecule has 0 unspecified atom stereocenters. The molecule has 0 saturated heterocycles. The van der Waals surface area contributed by atoms with Gasteiger partial charge in [0.25, 0.3) is 0 Å². The summed E-state index contributed by atoms with van der Waals surface area (Å²) >= 11 is 0. The number of hydrogen-bond acceptors (Lipinski definition) is 4. The van der Waals surface area contributed by atoms with E-state index >= 15 is 0 Å². The Hall–Kier alpha value is -1.88.